The Morgan fingerprint density at radius 1 is 1.10 bits per heavy atom. The maximum absolute atomic E-state index is 11.5. The first-order valence-corrected chi connectivity index (χ1v) is 13.7. The largest absolute Gasteiger partial charge is 0.453 e. The second-order valence-corrected chi connectivity index (χ2v) is 10.5. The molecule has 1 saturated carbocycles. The fourth-order valence-electron chi connectivity index (χ4n) is 5.03. The van der Waals surface area contributed by atoms with E-state index in [1.165, 1.54) is 26.3 Å². The van der Waals surface area contributed by atoms with Crippen molar-refractivity contribution in [2.75, 3.05) is 19.5 Å². The van der Waals surface area contributed by atoms with Gasteiger partial charge in [-0.15, -0.1) is 0 Å². The number of nitrogens with one attached hydrogen (secondary N) is 2. The van der Waals surface area contributed by atoms with E-state index in [0.717, 1.165) is 51.6 Å². The molecule has 1 aliphatic rings. The Morgan fingerprint density at radius 2 is 1.90 bits per heavy atom. The van der Waals surface area contributed by atoms with Crippen molar-refractivity contribution in [3.8, 4) is 33.6 Å². The predicted molar refractivity (Wildman–Crippen MR) is 154 cm³/mol. The number of imidazole rings is 1. The average molecular weight is 571 g/mol. The van der Waals surface area contributed by atoms with Crippen LogP contribution < -0.4 is 14.9 Å². The maximum Gasteiger partial charge on any atom is 0.411 e. The van der Waals surface area contributed by atoms with E-state index in [4.69, 9.17) is 25.8 Å². The first-order chi connectivity index (χ1) is 20.0. The molecule has 0 saturated heterocycles. The zero-order valence-corrected chi connectivity index (χ0v) is 23.4. The van der Waals surface area contributed by atoms with Gasteiger partial charge in [-0.25, -0.2) is 14.8 Å². The van der Waals surface area contributed by atoms with Crippen LogP contribution in [0, 0.1) is 5.92 Å². The number of rotatable bonds is 9. The highest BCUT2D eigenvalue weighted by Gasteiger charge is 2.35. The molecule has 3 heterocycles. The molecule has 1 unspecified atom stereocenters. The van der Waals surface area contributed by atoms with Crippen LogP contribution in [0.15, 0.2) is 84.1 Å². The minimum Gasteiger partial charge on any atom is -0.453 e. The smallest absolute Gasteiger partial charge is 0.411 e. The molecule has 0 radical (unpaired) electrons. The number of H-pyrrole nitrogens is 1. The summed E-state index contributed by atoms with van der Waals surface area (Å²) in [6, 6.07) is 17.4. The first-order valence-electron chi connectivity index (χ1n) is 13.3. The van der Waals surface area contributed by atoms with Gasteiger partial charge in [-0.2, -0.15) is 0 Å². The molecule has 2 aromatic carbocycles. The van der Waals surface area contributed by atoms with E-state index in [9.17, 15) is 4.79 Å². The number of amides is 1. The van der Waals surface area contributed by atoms with Crippen molar-refractivity contribution in [1.82, 2.24) is 15.0 Å². The number of nitrogens with zero attached hydrogens (tertiary/aromatic N) is 3. The van der Waals surface area contributed by atoms with E-state index in [2.05, 4.69) is 32.2 Å². The molecular formula is C31H29ClN5O4+. The molecule has 9 nitrogen and oxygen atoms in total. The second-order valence-electron chi connectivity index (χ2n) is 10.0. The van der Waals surface area contributed by atoms with Crippen molar-refractivity contribution < 1.29 is 23.5 Å². The summed E-state index contributed by atoms with van der Waals surface area (Å²) < 4.78 is 11.7. The van der Waals surface area contributed by atoms with Crippen molar-refractivity contribution in [1.29, 1.82) is 0 Å². The molecule has 2 N–H and O–H groups in total. The Labute approximate surface area is 242 Å². The normalized spacial score (nSPS) is 13.5. The van der Waals surface area contributed by atoms with E-state index < -0.39 is 6.09 Å². The molecule has 208 valence electrons. The predicted octanol–water partition coefficient (Wildman–Crippen LogP) is 6.51. The third-order valence-corrected chi connectivity index (χ3v) is 7.55. The van der Waals surface area contributed by atoms with Crippen LogP contribution in [-0.4, -0.2) is 35.3 Å². The van der Waals surface area contributed by atoms with E-state index in [1.54, 1.807) is 13.4 Å². The fourth-order valence-corrected chi connectivity index (χ4v) is 5.20. The Bertz CT molecular complexity index is 1660. The van der Waals surface area contributed by atoms with Gasteiger partial charge in [0.1, 0.15) is 30.8 Å². The molecule has 0 aliphatic heterocycles. The van der Waals surface area contributed by atoms with Crippen LogP contribution in [0.5, 0.6) is 0 Å². The third-order valence-electron chi connectivity index (χ3n) is 7.32. The molecular weight excluding hydrogens is 542 g/mol. The lowest BCUT2D eigenvalue weighted by Crippen LogP contribution is -2.45. The number of benzene rings is 2. The number of halogens is 1. The summed E-state index contributed by atoms with van der Waals surface area (Å²) in [4.78, 5) is 30.1. The van der Waals surface area contributed by atoms with Crippen molar-refractivity contribution in [3.63, 3.8) is 0 Å². The molecule has 1 aliphatic carbocycles. The summed E-state index contributed by atoms with van der Waals surface area (Å²) in [5.74, 6) is 1.52. The third kappa shape index (κ3) is 5.81. The Hall–Kier alpha value is -4.63. The number of carbonyl (C=O) groups is 1. The summed E-state index contributed by atoms with van der Waals surface area (Å²) in [5, 5.41) is 3.30. The standard InChI is InChI=1S/C31H28ClN5O4/c1-39-31(38)35-23-9-5-20(6-10-23)27-15-33-30(36-27)26(13-19-3-4-19)29-12-7-21(16-37(29)40-2)25-14-22(32)8-11-24(25)28-17-41-18-34-28/h5-12,14-19,26H,3-4,13H2,1-2H3,(H-,33,35,36,38)/p+1. The summed E-state index contributed by atoms with van der Waals surface area (Å²) in [7, 11) is 3.00. The topological polar surface area (TPSA) is 106 Å². The number of hydrogen-bond acceptors (Lipinski definition) is 6. The average Bonchev–Trinajstić information content (AvgIpc) is 3.42. The Morgan fingerprint density at radius 3 is 2.61 bits per heavy atom. The molecule has 10 heteroatoms. The van der Waals surface area contributed by atoms with Crippen LogP contribution in [-0.2, 0) is 4.74 Å². The van der Waals surface area contributed by atoms with Crippen LogP contribution in [0.3, 0.4) is 0 Å². The van der Waals surface area contributed by atoms with Gasteiger partial charge in [0, 0.05) is 27.1 Å². The Balaban J connectivity index is 1.33. The van der Waals surface area contributed by atoms with Gasteiger partial charge in [-0.1, -0.05) is 42.6 Å². The fraction of sp³-hybridized carbons (Fsp3) is 0.226. The summed E-state index contributed by atoms with van der Waals surface area (Å²) in [5.41, 5.74) is 6.99. The van der Waals surface area contributed by atoms with Crippen molar-refractivity contribution in [2.45, 2.75) is 25.2 Å². The summed E-state index contributed by atoms with van der Waals surface area (Å²) in [6.07, 6.45) is 9.74. The van der Waals surface area contributed by atoms with E-state index >= 15 is 0 Å². The molecule has 1 atom stereocenters. The van der Waals surface area contributed by atoms with E-state index in [0.29, 0.717) is 16.6 Å². The molecule has 3 aromatic heterocycles. The van der Waals surface area contributed by atoms with Crippen LogP contribution in [0.1, 0.15) is 36.7 Å². The van der Waals surface area contributed by atoms with Crippen LogP contribution >= 0.6 is 11.6 Å². The number of carbonyl (C=O) groups excluding carboxylic acids is 1. The summed E-state index contributed by atoms with van der Waals surface area (Å²) in [6.45, 7) is 0. The van der Waals surface area contributed by atoms with Crippen molar-refractivity contribution >= 4 is 23.4 Å². The molecule has 5 aromatic rings. The lowest BCUT2D eigenvalue weighted by molar-refractivity contribution is -0.890. The lowest BCUT2D eigenvalue weighted by atomic mass is 9.94. The number of aromatic amines is 1. The Kier molecular flexibility index (Phi) is 7.43. The van der Waals surface area contributed by atoms with Crippen molar-refractivity contribution in [3.05, 3.63) is 96.2 Å². The van der Waals surface area contributed by atoms with Gasteiger partial charge < -0.3 is 14.1 Å². The number of oxazole rings is 1. The lowest BCUT2D eigenvalue weighted by Gasteiger charge is -2.14. The van der Waals surface area contributed by atoms with Gasteiger partial charge in [-0.3, -0.25) is 10.2 Å². The van der Waals surface area contributed by atoms with Crippen molar-refractivity contribution in [2.24, 2.45) is 5.92 Å². The highest BCUT2D eigenvalue weighted by Crippen LogP contribution is 2.41. The number of aromatic nitrogens is 4. The van der Waals surface area contributed by atoms with Gasteiger partial charge in [0.05, 0.1) is 24.6 Å². The van der Waals surface area contributed by atoms with Gasteiger partial charge in [-0.05, 0) is 53.8 Å². The van der Waals surface area contributed by atoms with Gasteiger partial charge >= 0.3 is 6.09 Å². The zero-order chi connectivity index (χ0) is 28.3. The maximum atomic E-state index is 11.5. The van der Waals surface area contributed by atoms with Gasteiger partial charge in [0.25, 0.3) is 0 Å². The quantitative estimate of drug-likeness (QED) is 0.196. The minimum atomic E-state index is -0.508. The number of ether oxygens (including phenoxy) is 1. The zero-order valence-electron chi connectivity index (χ0n) is 22.6. The van der Waals surface area contributed by atoms with Crippen LogP contribution in [0.4, 0.5) is 10.5 Å². The van der Waals surface area contributed by atoms with E-state index in [1.807, 2.05) is 59.6 Å². The number of anilines is 1. The van der Waals surface area contributed by atoms with Crippen LogP contribution in [0.2, 0.25) is 5.02 Å². The summed E-state index contributed by atoms with van der Waals surface area (Å²) >= 11 is 6.40. The van der Waals surface area contributed by atoms with Gasteiger partial charge in [0.2, 0.25) is 11.9 Å². The molecule has 1 amide bonds. The highest BCUT2D eigenvalue weighted by atomic mass is 35.5. The highest BCUT2D eigenvalue weighted by molar-refractivity contribution is 6.31. The SMILES string of the molecule is COC(=O)Nc1ccc(-c2cnc(C(CC3CC3)c3ccc(-c4cc(Cl)ccc4-c4cocn4)c[n+]3OC)[nH]2)cc1. The molecule has 0 spiro atoms. The number of hydrogen-bond donors (Lipinski definition) is 2. The number of methoxy groups -OCH3 is 1. The van der Waals surface area contributed by atoms with Crippen LogP contribution in [0.25, 0.3) is 33.6 Å². The second kappa shape index (κ2) is 11.5. The molecule has 41 heavy (non-hydrogen) atoms. The molecule has 0 bridgehead atoms. The van der Waals surface area contributed by atoms with E-state index in [-0.39, 0.29) is 5.92 Å². The first kappa shape index (κ1) is 26.6. The molecule has 6 rings (SSSR count). The number of pyridine rings is 1. The van der Waals surface area contributed by atoms with Gasteiger partial charge in [0.15, 0.2) is 6.39 Å². The molecule has 1 fully saturated rings. The monoisotopic (exact) mass is 570 g/mol. The minimum absolute atomic E-state index is 0.000105.